The van der Waals surface area contributed by atoms with Crippen LogP contribution in [0.1, 0.15) is 83.4 Å². The maximum Gasteiger partial charge on any atom is 0.306 e. The Hall–Kier alpha value is -1.89. The van der Waals surface area contributed by atoms with Gasteiger partial charge in [-0.1, -0.05) is 26.7 Å². The van der Waals surface area contributed by atoms with E-state index in [1.807, 2.05) is 12.5 Å². The molecular formula is C22H38N4O3. The summed E-state index contributed by atoms with van der Waals surface area (Å²) >= 11 is 0. The standard InChI is InChI=1S/C22H38N4O3/c1-3-4-7-20(23)21(27)24-12-5-6-17(22(28)29)13-18-14-26(15-25-18)19-10-8-16(2)9-11-19/h14-17,19-20H,3-13,23H2,1-2H3,(H,24,27)(H,28,29)/t16-,17?,19-,20-/m0/s1. The molecule has 164 valence electrons. The van der Waals surface area contributed by atoms with Crippen LogP contribution in [0.25, 0.3) is 0 Å². The third-order valence-electron chi connectivity index (χ3n) is 6.10. The minimum Gasteiger partial charge on any atom is -0.481 e. The summed E-state index contributed by atoms with van der Waals surface area (Å²) in [7, 11) is 0. The maximum atomic E-state index is 11.9. The Morgan fingerprint density at radius 3 is 2.66 bits per heavy atom. The van der Waals surface area contributed by atoms with Gasteiger partial charge in [0.1, 0.15) is 0 Å². The van der Waals surface area contributed by atoms with Gasteiger partial charge in [-0.15, -0.1) is 0 Å². The van der Waals surface area contributed by atoms with Crippen LogP contribution in [0.3, 0.4) is 0 Å². The van der Waals surface area contributed by atoms with Crippen molar-refractivity contribution in [3.8, 4) is 0 Å². The van der Waals surface area contributed by atoms with Gasteiger partial charge < -0.3 is 20.7 Å². The minimum atomic E-state index is -0.808. The summed E-state index contributed by atoms with van der Waals surface area (Å²) in [6.07, 6.45) is 12.9. The number of aromatic nitrogens is 2. The molecule has 1 aliphatic rings. The van der Waals surface area contributed by atoms with Crippen LogP contribution >= 0.6 is 0 Å². The van der Waals surface area contributed by atoms with Crippen molar-refractivity contribution in [1.82, 2.24) is 14.9 Å². The number of hydrogen-bond donors (Lipinski definition) is 3. The summed E-state index contributed by atoms with van der Waals surface area (Å²) in [6, 6.07) is 0.0137. The first kappa shape index (κ1) is 23.4. The lowest BCUT2D eigenvalue weighted by molar-refractivity contribution is -0.142. The van der Waals surface area contributed by atoms with E-state index in [2.05, 4.69) is 28.7 Å². The van der Waals surface area contributed by atoms with Gasteiger partial charge in [0, 0.05) is 25.2 Å². The number of amides is 1. The average molecular weight is 407 g/mol. The van der Waals surface area contributed by atoms with Crippen molar-refractivity contribution in [2.24, 2.45) is 17.6 Å². The molecule has 2 rings (SSSR count). The maximum absolute atomic E-state index is 11.9. The molecule has 4 N–H and O–H groups in total. The normalized spacial score (nSPS) is 21.5. The summed E-state index contributed by atoms with van der Waals surface area (Å²) in [5, 5.41) is 12.4. The summed E-state index contributed by atoms with van der Waals surface area (Å²) in [5.41, 5.74) is 6.69. The molecular weight excluding hydrogens is 368 g/mol. The zero-order valence-electron chi connectivity index (χ0n) is 18.0. The molecule has 1 unspecified atom stereocenters. The van der Waals surface area contributed by atoms with Crippen molar-refractivity contribution in [2.75, 3.05) is 6.54 Å². The number of nitrogens with two attached hydrogens (primary N) is 1. The molecule has 1 saturated carbocycles. The summed E-state index contributed by atoms with van der Waals surface area (Å²) < 4.78 is 2.16. The Balaban J connectivity index is 1.76. The minimum absolute atomic E-state index is 0.147. The van der Waals surface area contributed by atoms with Gasteiger partial charge >= 0.3 is 5.97 Å². The number of carboxylic acids is 1. The molecule has 7 heteroatoms. The molecule has 2 atom stereocenters. The zero-order chi connectivity index (χ0) is 21.2. The number of unbranched alkanes of at least 4 members (excludes halogenated alkanes) is 1. The Morgan fingerprint density at radius 1 is 1.28 bits per heavy atom. The first-order valence-corrected chi connectivity index (χ1v) is 11.2. The second-order valence-corrected chi connectivity index (χ2v) is 8.65. The summed E-state index contributed by atoms with van der Waals surface area (Å²) in [5.74, 6) is -0.648. The van der Waals surface area contributed by atoms with Crippen molar-refractivity contribution < 1.29 is 14.7 Å². The van der Waals surface area contributed by atoms with E-state index in [9.17, 15) is 14.7 Å². The lowest BCUT2D eigenvalue weighted by atomic mass is 9.87. The van der Waals surface area contributed by atoms with Crippen molar-refractivity contribution >= 4 is 11.9 Å². The van der Waals surface area contributed by atoms with Crippen LogP contribution in [-0.4, -0.2) is 39.1 Å². The lowest BCUT2D eigenvalue weighted by Crippen LogP contribution is -2.41. The van der Waals surface area contributed by atoms with Gasteiger partial charge in [-0.25, -0.2) is 4.98 Å². The quantitative estimate of drug-likeness (QED) is 0.461. The van der Waals surface area contributed by atoms with E-state index in [1.165, 1.54) is 25.7 Å². The van der Waals surface area contributed by atoms with E-state index in [1.54, 1.807) is 0 Å². The molecule has 0 spiro atoms. The first-order valence-electron chi connectivity index (χ1n) is 11.2. The third-order valence-corrected chi connectivity index (χ3v) is 6.10. The number of hydrogen-bond acceptors (Lipinski definition) is 4. The fraction of sp³-hybridized carbons (Fsp3) is 0.773. The van der Waals surface area contributed by atoms with E-state index in [4.69, 9.17) is 5.73 Å². The number of carbonyl (C=O) groups is 2. The van der Waals surface area contributed by atoms with Crippen LogP contribution in [0, 0.1) is 11.8 Å². The van der Waals surface area contributed by atoms with Gasteiger partial charge in [-0.2, -0.15) is 0 Å². The highest BCUT2D eigenvalue weighted by Gasteiger charge is 2.22. The van der Waals surface area contributed by atoms with E-state index < -0.39 is 17.9 Å². The fourth-order valence-corrected chi connectivity index (χ4v) is 4.04. The van der Waals surface area contributed by atoms with Gasteiger partial charge in [-0.3, -0.25) is 9.59 Å². The molecule has 0 saturated heterocycles. The fourth-order valence-electron chi connectivity index (χ4n) is 4.04. The van der Waals surface area contributed by atoms with Crippen LogP contribution in [0.4, 0.5) is 0 Å². The molecule has 1 aliphatic carbocycles. The van der Waals surface area contributed by atoms with Gasteiger partial charge in [0.15, 0.2) is 0 Å². The Morgan fingerprint density at radius 2 is 2.00 bits per heavy atom. The molecule has 1 heterocycles. The van der Waals surface area contributed by atoms with Crippen molar-refractivity contribution in [1.29, 1.82) is 0 Å². The van der Waals surface area contributed by atoms with Crippen LogP contribution in [0.2, 0.25) is 0 Å². The van der Waals surface area contributed by atoms with Gasteiger partial charge in [0.05, 0.1) is 24.0 Å². The van der Waals surface area contributed by atoms with Gasteiger partial charge in [-0.05, 0) is 50.9 Å². The monoisotopic (exact) mass is 406 g/mol. The number of carbonyl (C=O) groups excluding carboxylic acids is 1. The molecule has 29 heavy (non-hydrogen) atoms. The SMILES string of the molecule is CCCC[C@H](N)C(=O)NCCCC(Cc1cn([C@H]2CC[C@H](C)CC2)cn1)C(=O)O. The third kappa shape index (κ3) is 7.80. The lowest BCUT2D eigenvalue weighted by Gasteiger charge is -2.26. The van der Waals surface area contributed by atoms with Crippen LogP contribution in [0.15, 0.2) is 12.5 Å². The van der Waals surface area contributed by atoms with E-state index in [0.29, 0.717) is 38.3 Å². The molecule has 0 radical (unpaired) electrons. The first-order chi connectivity index (χ1) is 13.9. The predicted octanol–water partition coefficient (Wildman–Crippen LogP) is 3.29. The smallest absolute Gasteiger partial charge is 0.306 e. The molecule has 1 amide bonds. The predicted molar refractivity (Wildman–Crippen MR) is 113 cm³/mol. The largest absolute Gasteiger partial charge is 0.481 e. The van der Waals surface area contributed by atoms with Crippen LogP contribution in [0.5, 0.6) is 0 Å². The van der Waals surface area contributed by atoms with Crippen molar-refractivity contribution in [2.45, 2.75) is 90.1 Å². The van der Waals surface area contributed by atoms with Crippen molar-refractivity contribution in [3.05, 3.63) is 18.2 Å². The number of carboxylic acid groups (broad SMARTS) is 1. The number of imidazole rings is 1. The van der Waals surface area contributed by atoms with E-state index >= 15 is 0 Å². The highest BCUT2D eigenvalue weighted by molar-refractivity contribution is 5.81. The summed E-state index contributed by atoms with van der Waals surface area (Å²) in [6.45, 7) is 4.82. The Kier molecular flexibility index (Phi) is 9.64. The topological polar surface area (TPSA) is 110 Å². The highest BCUT2D eigenvalue weighted by atomic mass is 16.4. The molecule has 1 aromatic rings. The van der Waals surface area contributed by atoms with Crippen LogP contribution in [-0.2, 0) is 16.0 Å². The second kappa shape index (κ2) is 12.0. The molecule has 7 nitrogen and oxygen atoms in total. The highest BCUT2D eigenvalue weighted by Crippen LogP contribution is 2.31. The molecule has 1 fully saturated rings. The van der Waals surface area contributed by atoms with Crippen LogP contribution < -0.4 is 11.1 Å². The second-order valence-electron chi connectivity index (χ2n) is 8.65. The number of rotatable bonds is 12. The van der Waals surface area contributed by atoms with Gasteiger partial charge in [0.2, 0.25) is 5.91 Å². The molecule has 0 aromatic carbocycles. The summed E-state index contributed by atoms with van der Waals surface area (Å²) in [4.78, 5) is 28.0. The van der Waals surface area contributed by atoms with Crippen molar-refractivity contribution in [3.63, 3.8) is 0 Å². The molecule has 0 bridgehead atoms. The Labute approximate surface area is 174 Å². The molecule has 1 aromatic heterocycles. The number of nitrogens with one attached hydrogen (secondary N) is 1. The molecule has 0 aliphatic heterocycles. The number of aliphatic carboxylic acids is 1. The Bertz CT molecular complexity index is 638. The number of nitrogens with zero attached hydrogens (tertiary/aromatic N) is 2. The average Bonchev–Trinajstić information content (AvgIpc) is 3.17. The zero-order valence-corrected chi connectivity index (χ0v) is 18.0. The van der Waals surface area contributed by atoms with E-state index in [0.717, 1.165) is 24.5 Å². The van der Waals surface area contributed by atoms with E-state index in [-0.39, 0.29) is 5.91 Å². The van der Waals surface area contributed by atoms with Gasteiger partial charge in [0.25, 0.3) is 0 Å².